The molecule has 3 heterocycles. The molecule has 1 unspecified atom stereocenters. The number of nitrogens with one attached hydrogen (secondary N) is 1. The van der Waals surface area contributed by atoms with Gasteiger partial charge in [0.15, 0.2) is 0 Å². The van der Waals surface area contributed by atoms with E-state index in [-0.39, 0.29) is 5.91 Å². The third-order valence-electron chi connectivity index (χ3n) is 4.30. The molecule has 1 fully saturated rings. The molecule has 1 N–H and O–H groups in total. The number of aryl methyl sites for hydroxylation is 3. The van der Waals surface area contributed by atoms with Gasteiger partial charge in [-0.25, -0.2) is 0 Å². The number of carbonyl (C=O) groups excluding carboxylic acids is 1. The third kappa shape index (κ3) is 3.37. The lowest BCUT2D eigenvalue weighted by Crippen LogP contribution is -2.39. The SMILES string of the molecule is Cc1cc(C2CCCN(C(=O)CCc3cnn(C)c3)C2)n[nH]1. The highest BCUT2D eigenvalue weighted by Gasteiger charge is 2.25. The van der Waals surface area contributed by atoms with Crippen LogP contribution in [0.3, 0.4) is 0 Å². The molecular weight excluding hydrogens is 278 g/mol. The Morgan fingerprint density at radius 1 is 1.50 bits per heavy atom. The maximum absolute atomic E-state index is 12.4. The summed E-state index contributed by atoms with van der Waals surface area (Å²) in [5.41, 5.74) is 3.28. The smallest absolute Gasteiger partial charge is 0.222 e. The zero-order valence-electron chi connectivity index (χ0n) is 13.2. The second kappa shape index (κ2) is 6.34. The van der Waals surface area contributed by atoms with E-state index in [2.05, 4.69) is 21.4 Å². The van der Waals surface area contributed by atoms with Crippen LogP contribution in [-0.2, 0) is 18.3 Å². The van der Waals surface area contributed by atoms with E-state index >= 15 is 0 Å². The van der Waals surface area contributed by atoms with E-state index in [1.165, 1.54) is 0 Å². The quantitative estimate of drug-likeness (QED) is 0.936. The summed E-state index contributed by atoms with van der Waals surface area (Å²) in [4.78, 5) is 14.4. The van der Waals surface area contributed by atoms with Crippen molar-refractivity contribution < 1.29 is 4.79 Å². The van der Waals surface area contributed by atoms with Crippen LogP contribution >= 0.6 is 0 Å². The molecule has 0 bridgehead atoms. The molecule has 1 saturated heterocycles. The van der Waals surface area contributed by atoms with Gasteiger partial charge in [-0.15, -0.1) is 0 Å². The fraction of sp³-hybridized carbons (Fsp3) is 0.562. The van der Waals surface area contributed by atoms with Gasteiger partial charge in [0.25, 0.3) is 0 Å². The van der Waals surface area contributed by atoms with Gasteiger partial charge in [0, 0.05) is 44.4 Å². The summed E-state index contributed by atoms with van der Waals surface area (Å²) in [5, 5.41) is 11.5. The predicted molar refractivity (Wildman–Crippen MR) is 83.4 cm³/mol. The molecule has 6 heteroatoms. The zero-order valence-corrected chi connectivity index (χ0v) is 13.2. The largest absolute Gasteiger partial charge is 0.342 e. The van der Waals surface area contributed by atoms with Gasteiger partial charge in [-0.2, -0.15) is 10.2 Å². The lowest BCUT2D eigenvalue weighted by molar-refractivity contribution is -0.132. The van der Waals surface area contributed by atoms with Crippen molar-refractivity contribution in [2.75, 3.05) is 13.1 Å². The number of hydrogen-bond donors (Lipinski definition) is 1. The van der Waals surface area contributed by atoms with Crippen molar-refractivity contribution in [1.29, 1.82) is 0 Å². The Morgan fingerprint density at radius 2 is 2.36 bits per heavy atom. The second-order valence-electron chi connectivity index (χ2n) is 6.18. The number of nitrogens with zero attached hydrogens (tertiary/aromatic N) is 4. The van der Waals surface area contributed by atoms with Crippen molar-refractivity contribution in [3.8, 4) is 0 Å². The molecule has 0 saturated carbocycles. The van der Waals surface area contributed by atoms with E-state index < -0.39 is 0 Å². The molecule has 0 aliphatic carbocycles. The predicted octanol–water partition coefficient (Wildman–Crippen LogP) is 1.79. The molecule has 22 heavy (non-hydrogen) atoms. The van der Waals surface area contributed by atoms with Gasteiger partial charge in [0.1, 0.15) is 0 Å². The van der Waals surface area contributed by atoms with E-state index in [1.807, 2.05) is 31.3 Å². The normalized spacial score (nSPS) is 18.6. The minimum Gasteiger partial charge on any atom is -0.342 e. The van der Waals surface area contributed by atoms with Crippen LogP contribution in [0.1, 0.15) is 42.1 Å². The van der Waals surface area contributed by atoms with Crippen LogP contribution in [-0.4, -0.2) is 43.9 Å². The number of likely N-dealkylation sites (tertiary alicyclic amines) is 1. The highest BCUT2D eigenvalue weighted by atomic mass is 16.2. The lowest BCUT2D eigenvalue weighted by atomic mass is 9.94. The summed E-state index contributed by atoms with van der Waals surface area (Å²) in [6, 6.07) is 2.09. The number of carbonyl (C=O) groups is 1. The maximum Gasteiger partial charge on any atom is 0.222 e. The Balaban J connectivity index is 1.55. The molecule has 118 valence electrons. The van der Waals surface area contributed by atoms with Crippen LogP contribution in [0.2, 0.25) is 0 Å². The summed E-state index contributed by atoms with van der Waals surface area (Å²) < 4.78 is 1.77. The Hall–Kier alpha value is -2.11. The Morgan fingerprint density at radius 3 is 3.05 bits per heavy atom. The van der Waals surface area contributed by atoms with Crippen molar-refractivity contribution in [2.24, 2.45) is 7.05 Å². The van der Waals surface area contributed by atoms with Gasteiger partial charge in [0.05, 0.1) is 11.9 Å². The number of aromatic amines is 1. The fourth-order valence-corrected chi connectivity index (χ4v) is 3.10. The molecule has 0 spiro atoms. The Labute approximate surface area is 130 Å². The number of H-pyrrole nitrogens is 1. The number of hydrogen-bond acceptors (Lipinski definition) is 3. The number of piperidine rings is 1. The summed E-state index contributed by atoms with van der Waals surface area (Å²) in [6.45, 7) is 3.66. The molecule has 0 aromatic carbocycles. The summed E-state index contributed by atoms with van der Waals surface area (Å²) in [6.07, 6.45) is 7.27. The van der Waals surface area contributed by atoms with E-state index in [0.29, 0.717) is 12.3 Å². The van der Waals surface area contributed by atoms with Gasteiger partial charge in [-0.1, -0.05) is 0 Å². The topological polar surface area (TPSA) is 66.8 Å². The minimum atomic E-state index is 0.237. The number of amides is 1. The molecule has 1 aliphatic heterocycles. The molecule has 2 aromatic rings. The van der Waals surface area contributed by atoms with Crippen molar-refractivity contribution in [1.82, 2.24) is 24.9 Å². The van der Waals surface area contributed by atoms with Gasteiger partial charge < -0.3 is 4.90 Å². The first-order valence-electron chi connectivity index (χ1n) is 7.89. The van der Waals surface area contributed by atoms with Gasteiger partial charge in [-0.3, -0.25) is 14.6 Å². The summed E-state index contributed by atoms with van der Waals surface area (Å²) in [7, 11) is 1.90. The lowest BCUT2D eigenvalue weighted by Gasteiger charge is -2.32. The average molecular weight is 301 g/mol. The van der Waals surface area contributed by atoms with Crippen LogP contribution in [0.4, 0.5) is 0 Å². The first-order chi connectivity index (χ1) is 10.6. The van der Waals surface area contributed by atoms with Crippen molar-refractivity contribution in [3.63, 3.8) is 0 Å². The molecule has 1 aliphatic rings. The van der Waals surface area contributed by atoms with Crippen molar-refractivity contribution in [3.05, 3.63) is 35.4 Å². The molecule has 6 nitrogen and oxygen atoms in total. The Kier molecular flexibility index (Phi) is 4.27. The molecule has 1 atom stereocenters. The summed E-state index contributed by atoms with van der Waals surface area (Å²) >= 11 is 0. The maximum atomic E-state index is 12.4. The monoisotopic (exact) mass is 301 g/mol. The first kappa shape index (κ1) is 14.8. The van der Waals surface area contributed by atoms with E-state index in [1.54, 1.807) is 4.68 Å². The zero-order chi connectivity index (χ0) is 15.5. The van der Waals surface area contributed by atoms with Gasteiger partial charge >= 0.3 is 0 Å². The van der Waals surface area contributed by atoms with Crippen LogP contribution in [0.25, 0.3) is 0 Å². The molecule has 1 amide bonds. The van der Waals surface area contributed by atoms with Crippen LogP contribution < -0.4 is 0 Å². The molecule has 0 radical (unpaired) electrons. The van der Waals surface area contributed by atoms with Crippen LogP contribution in [0.15, 0.2) is 18.5 Å². The highest BCUT2D eigenvalue weighted by Crippen LogP contribution is 2.26. The number of aromatic nitrogens is 4. The third-order valence-corrected chi connectivity index (χ3v) is 4.30. The van der Waals surface area contributed by atoms with Crippen molar-refractivity contribution >= 4 is 5.91 Å². The van der Waals surface area contributed by atoms with Gasteiger partial charge in [0.2, 0.25) is 5.91 Å². The van der Waals surface area contributed by atoms with Crippen molar-refractivity contribution in [2.45, 2.75) is 38.5 Å². The van der Waals surface area contributed by atoms with E-state index in [0.717, 1.165) is 49.3 Å². The van der Waals surface area contributed by atoms with E-state index in [4.69, 9.17) is 0 Å². The molecular formula is C16H23N5O. The first-order valence-corrected chi connectivity index (χ1v) is 7.89. The number of rotatable bonds is 4. The fourth-order valence-electron chi connectivity index (χ4n) is 3.10. The standard InChI is InChI=1S/C16H23N5O/c1-12-8-15(19-18-12)14-4-3-7-21(11-14)16(22)6-5-13-9-17-20(2)10-13/h8-10,14H,3-7,11H2,1-2H3,(H,18,19). The van der Waals surface area contributed by atoms with Crippen LogP contribution in [0, 0.1) is 6.92 Å². The minimum absolute atomic E-state index is 0.237. The average Bonchev–Trinajstić information content (AvgIpc) is 3.13. The van der Waals surface area contributed by atoms with Gasteiger partial charge in [-0.05, 0) is 37.8 Å². The Bertz CT molecular complexity index is 645. The molecule has 3 rings (SSSR count). The summed E-state index contributed by atoms with van der Waals surface area (Å²) in [5.74, 6) is 0.599. The molecule has 2 aromatic heterocycles. The van der Waals surface area contributed by atoms with E-state index in [9.17, 15) is 4.79 Å². The second-order valence-corrected chi connectivity index (χ2v) is 6.18. The van der Waals surface area contributed by atoms with Crippen LogP contribution in [0.5, 0.6) is 0 Å². The highest BCUT2D eigenvalue weighted by molar-refractivity contribution is 5.76.